The number of rotatable bonds is 3. The number of fused-ring (bicyclic) bond motifs is 1. The number of carbonyl (C=O) groups is 1. The number of ether oxygens (including phenoxy) is 1. The number of aliphatic hydroxyl groups is 1. The van der Waals surface area contributed by atoms with E-state index < -0.39 is 12.1 Å². The fraction of sp³-hybridized carbons (Fsp3) is 0.462. The zero-order valence-corrected chi connectivity index (χ0v) is 10.1. The average molecular weight is 235 g/mol. The second kappa shape index (κ2) is 4.75. The van der Waals surface area contributed by atoms with Gasteiger partial charge >= 0.3 is 5.97 Å². The first-order valence-electron chi connectivity index (χ1n) is 5.82. The van der Waals surface area contributed by atoms with Gasteiger partial charge in [-0.25, -0.2) is 4.79 Å². The Kier molecular flexibility index (Phi) is 3.33. The van der Waals surface area contributed by atoms with Gasteiger partial charge in [0.2, 0.25) is 0 Å². The molecule has 0 unspecified atom stereocenters. The molecule has 17 heavy (non-hydrogen) atoms. The van der Waals surface area contributed by atoms with Crippen molar-refractivity contribution in [3.8, 4) is 0 Å². The Labute approximate surface area is 101 Å². The van der Waals surface area contributed by atoms with Crippen LogP contribution in [0.4, 0.5) is 5.69 Å². The van der Waals surface area contributed by atoms with Gasteiger partial charge in [0.15, 0.2) is 6.10 Å². The van der Waals surface area contributed by atoms with Gasteiger partial charge in [-0.15, -0.1) is 0 Å². The van der Waals surface area contributed by atoms with Crippen molar-refractivity contribution in [2.24, 2.45) is 0 Å². The number of hydrogen-bond acceptors (Lipinski definition) is 4. The van der Waals surface area contributed by atoms with Crippen molar-refractivity contribution >= 4 is 11.7 Å². The molecule has 0 spiro atoms. The maximum absolute atomic E-state index is 11.4. The fourth-order valence-electron chi connectivity index (χ4n) is 2.11. The van der Waals surface area contributed by atoms with E-state index in [1.54, 1.807) is 13.0 Å². The number of esters is 1. The summed E-state index contributed by atoms with van der Waals surface area (Å²) in [5, 5.41) is 9.83. The van der Waals surface area contributed by atoms with Crippen LogP contribution >= 0.6 is 0 Å². The molecule has 0 bridgehead atoms. The molecule has 1 aromatic rings. The lowest BCUT2D eigenvalue weighted by Crippen LogP contribution is -2.15. The van der Waals surface area contributed by atoms with E-state index in [9.17, 15) is 9.90 Å². The van der Waals surface area contributed by atoms with Crippen LogP contribution in [0.3, 0.4) is 0 Å². The van der Waals surface area contributed by atoms with Gasteiger partial charge in [0.05, 0.1) is 6.61 Å². The average Bonchev–Trinajstić information content (AvgIpc) is 2.70. The van der Waals surface area contributed by atoms with E-state index in [1.165, 1.54) is 11.3 Å². The van der Waals surface area contributed by atoms with Crippen molar-refractivity contribution in [2.45, 2.75) is 19.4 Å². The standard InChI is InChI=1S/C13H17NO3/c1-3-17-13(16)12(15)10-4-5-11-9(8-10)6-7-14(11)2/h4-5,8,12,15H,3,6-7H2,1-2H3/t12-/m0/s1. The summed E-state index contributed by atoms with van der Waals surface area (Å²) in [7, 11) is 2.04. The van der Waals surface area contributed by atoms with Gasteiger partial charge in [0.1, 0.15) is 0 Å². The highest BCUT2D eigenvalue weighted by Gasteiger charge is 2.22. The summed E-state index contributed by atoms with van der Waals surface area (Å²) < 4.78 is 4.80. The first-order chi connectivity index (χ1) is 8.13. The maximum Gasteiger partial charge on any atom is 0.339 e. The summed E-state index contributed by atoms with van der Waals surface area (Å²) in [5.74, 6) is -0.584. The van der Waals surface area contributed by atoms with Gasteiger partial charge in [0, 0.05) is 19.3 Å². The lowest BCUT2D eigenvalue weighted by Gasteiger charge is -2.14. The largest absolute Gasteiger partial charge is 0.464 e. The van der Waals surface area contributed by atoms with E-state index in [2.05, 4.69) is 4.90 Å². The highest BCUT2D eigenvalue weighted by atomic mass is 16.5. The molecular formula is C13H17NO3. The van der Waals surface area contributed by atoms with Crippen molar-refractivity contribution < 1.29 is 14.6 Å². The van der Waals surface area contributed by atoms with Gasteiger partial charge in [-0.1, -0.05) is 12.1 Å². The van der Waals surface area contributed by atoms with Crippen LogP contribution in [0.1, 0.15) is 24.2 Å². The molecule has 0 amide bonds. The third-order valence-electron chi connectivity index (χ3n) is 3.06. The molecule has 1 heterocycles. The second-order valence-electron chi connectivity index (χ2n) is 4.21. The Morgan fingerprint density at radius 1 is 1.59 bits per heavy atom. The number of nitrogens with zero attached hydrogens (tertiary/aromatic N) is 1. The predicted octanol–water partition coefficient (Wildman–Crippen LogP) is 1.28. The minimum atomic E-state index is -1.17. The topological polar surface area (TPSA) is 49.8 Å². The Bertz CT molecular complexity index is 431. The molecule has 2 rings (SSSR count). The lowest BCUT2D eigenvalue weighted by atomic mass is 10.0. The van der Waals surface area contributed by atoms with Crippen molar-refractivity contribution in [1.82, 2.24) is 0 Å². The number of likely N-dealkylation sites (N-methyl/N-ethyl adjacent to an activating group) is 1. The molecule has 0 saturated heterocycles. The minimum absolute atomic E-state index is 0.281. The van der Waals surface area contributed by atoms with Gasteiger partial charge in [-0.3, -0.25) is 0 Å². The molecule has 1 atom stereocenters. The van der Waals surface area contributed by atoms with Crippen LogP contribution in [0.2, 0.25) is 0 Å². The third-order valence-corrected chi connectivity index (χ3v) is 3.06. The molecule has 92 valence electrons. The minimum Gasteiger partial charge on any atom is -0.464 e. The SMILES string of the molecule is CCOC(=O)[C@@H](O)c1ccc2c(c1)CCN2C. The summed E-state index contributed by atoms with van der Waals surface area (Å²) in [6, 6.07) is 5.61. The van der Waals surface area contributed by atoms with E-state index in [0.29, 0.717) is 5.56 Å². The first kappa shape index (κ1) is 11.9. The molecule has 4 nitrogen and oxygen atoms in total. The fourth-order valence-corrected chi connectivity index (χ4v) is 2.11. The molecule has 1 aliphatic rings. The molecule has 0 radical (unpaired) electrons. The molecule has 1 N–H and O–H groups in total. The van der Waals surface area contributed by atoms with Gasteiger partial charge in [-0.2, -0.15) is 0 Å². The van der Waals surface area contributed by atoms with Crippen molar-refractivity contribution in [3.05, 3.63) is 29.3 Å². The smallest absolute Gasteiger partial charge is 0.339 e. The van der Waals surface area contributed by atoms with E-state index in [4.69, 9.17) is 4.74 Å². The van der Waals surface area contributed by atoms with E-state index in [-0.39, 0.29) is 6.61 Å². The zero-order valence-electron chi connectivity index (χ0n) is 10.1. The molecule has 1 aliphatic heterocycles. The van der Waals surface area contributed by atoms with Gasteiger partial charge in [0.25, 0.3) is 0 Å². The number of carbonyl (C=O) groups excluding carboxylic acids is 1. The second-order valence-corrected chi connectivity index (χ2v) is 4.21. The molecule has 0 aromatic heterocycles. The number of anilines is 1. The zero-order chi connectivity index (χ0) is 12.4. The molecule has 0 aliphatic carbocycles. The number of hydrogen-bond donors (Lipinski definition) is 1. The van der Waals surface area contributed by atoms with Crippen LogP contribution in [0.25, 0.3) is 0 Å². The highest BCUT2D eigenvalue weighted by Crippen LogP contribution is 2.29. The Balaban J connectivity index is 2.20. The van der Waals surface area contributed by atoms with Gasteiger partial charge < -0.3 is 14.7 Å². The van der Waals surface area contributed by atoms with E-state index >= 15 is 0 Å². The van der Waals surface area contributed by atoms with Gasteiger partial charge in [-0.05, 0) is 30.5 Å². The maximum atomic E-state index is 11.4. The Hall–Kier alpha value is -1.55. The van der Waals surface area contributed by atoms with Crippen LogP contribution < -0.4 is 4.90 Å². The predicted molar refractivity (Wildman–Crippen MR) is 65.0 cm³/mol. The van der Waals surface area contributed by atoms with Crippen molar-refractivity contribution in [2.75, 3.05) is 25.1 Å². The molecule has 1 aromatic carbocycles. The summed E-state index contributed by atoms with van der Waals surface area (Å²) in [6.07, 6.45) is -0.221. The Morgan fingerprint density at radius 2 is 2.35 bits per heavy atom. The van der Waals surface area contributed by atoms with Crippen LogP contribution in [0.5, 0.6) is 0 Å². The quantitative estimate of drug-likeness (QED) is 0.802. The number of benzene rings is 1. The van der Waals surface area contributed by atoms with Crippen LogP contribution in [-0.4, -0.2) is 31.3 Å². The first-order valence-corrected chi connectivity index (χ1v) is 5.82. The van der Waals surface area contributed by atoms with Crippen molar-refractivity contribution in [1.29, 1.82) is 0 Å². The summed E-state index contributed by atoms with van der Waals surface area (Å²) in [6.45, 7) is 2.99. The molecular weight excluding hydrogens is 218 g/mol. The van der Waals surface area contributed by atoms with E-state index in [1.807, 2.05) is 19.2 Å². The summed E-state index contributed by atoms with van der Waals surface area (Å²) in [5.41, 5.74) is 2.95. The van der Waals surface area contributed by atoms with Crippen LogP contribution in [-0.2, 0) is 16.0 Å². The highest BCUT2D eigenvalue weighted by molar-refractivity contribution is 5.77. The number of aliphatic hydroxyl groups excluding tert-OH is 1. The van der Waals surface area contributed by atoms with Crippen LogP contribution in [0, 0.1) is 0 Å². The van der Waals surface area contributed by atoms with Crippen molar-refractivity contribution in [3.63, 3.8) is 0 Å². The summed E-state index contributed by atoms with van der Waals surface area (Å²) in [4.78, 5) is 13.6. The monoisotopic (exact) mass is 235 g/mol. The Morgan fingerprint density at radius 3 is 3.06 bits per heavy atom. The van der Waals surface area contributed by atoms with E-state index in [0.717, 1.165) is 13.0 Å². The molecule has 0 fully saturated rings. The van der Waals surface area contributed by atoms with Crippen LogP contribution in [0.15, 0.2) is 18.2 Å². The lowest BCUT2D eigenvalue weighted by molar-refractivity contribution is -0.153. The normalized spacial score (nSPS) is 15.6. The molecule has 4 heteroatoms. The summed E-state index contributed by atoms with van der Waals surface area (Å²) >= 11 is 0. The molecule has 0 saturated carbocycles. The third kappa shape index (κ3) is 2.26.